The van der Waals surface area contributed by atoms with Gasteiger partial charge in [0.05, 0.1) is 0 Å². The Hall–Kier alpha value is -0.330. The van der Waals surface area contributed by atoms with Gasteiger partial charge >= 0.3 is 0 Å². The van der Waals surface area contributed by atoms with Gasteiger partial charge in [-0.15, -0.1) is 0 Å². The van der Waals surface area contributed by atoms with Crippen LogP contribution in [-0.2, 0) is 4.79 Å². The van der Waals surface area contributed by atoms with Gasteiger partial charge in [0, 0.05) is 12.3 Å². The standard InChI is InChI=1S/C13H24O/c1-2-3-11-13(14)12-9-7-5-4-6-8-10-12/h12H,2-11H2,1H3. The lowest BCUT2D eigenvalue weighted by Gasteiger charge is -2.18. The minimum atomic E-state index is 0.418. The molecule has 0 heterocycles. The third kappa shape index (κ3) is 4.26. The molecule has 82 valence electrons. The van der Waals surface area contributed by atoms with E-state index in [4.69, 9.17) is 0 Å². The Morgan fingerprint density at radius 3 is 2.21 bits per heavy atom. The number of hydrogen-bond acceptors (Lipinski definition) is 1. The van der Waals surface area contributed by atoms with E-state index >= 15 is 0 Å². The van der Waals surface area contributed by atoms with Crippen LogP contribution in [0.4, 0.5) is 0 Å². The van der Waals surface area contributed by atoms with Gasteiger partial charge in [0.2, 0.25) is 0 Å². The second-order valence-corrected chi connectivity index (χ2v) is 4.61. The Balaban J connectivity index is 2.27. The molecule has 0 atom stereocenters. The smallest absolute Gasteiger partial charge is 0.135 e. The van der Waals surface area contributed by atoms with Gasteiger partial charge in [-0.2, -0.15) is 0 Å². The third-order valence-electron chi connectivity index (χ3n) is 3.34. The summed E-state index contributed by atoms with van der Waals surface area (Å²) in [5.74, 6) is 0.968. The molecule has 1 saturated carbocycles. The molecule has 1 aliphatic rings. The molecule has 0 aromatic carbocycles. The van der Waals surface area contributed by atoms with Crippen molar-refractivity contribution in [3.05, 3.63) is 0 Å². The molecule has 1 heteroatoms. The molecular weight excluding hydrogens is 172 g/mol. The normalized spacial score (nSPS) is 20.1. The van der Waals surface area contributed by atoms with Gasteiger partial charge in [-0.25, -0.2) is 0 Å². The molecule has 0 amide bonds. The molecule has 0 bridgehead atoms. The van der Waals surface area contributed by atoms with Crippen LogP contribution in [0.25, 0.3) is 0 Å². The zero-order valence-electron chi connectivity index (χ0n) is 9.56. The number of unbranched alkanes of at least 4 members (excludes halogenated alkanes) is 1. The summed E-state index contributed by atoms with van der Waals surface area (Å²) < 4.78 is 0. The highest BCUT2D eigenvalue weighted by atomic mass is 16.1. The molecule has 0 aromatic rings. The van der Waals surface area contributed by atoms with E-state index in [-0.39, 0.29) is 0 Å². The lowest BCUT2D eigenvalue weighted by atomic mass is 9.86. The number of carbonyl (C=O) groups is 1. The van der Waals surface area contributed by atoms with E-state index in [1.54, 1.807) is 0 Å². The van der Waals surface area contributed by atoms with Crippen LogP contribution in [0.3, 0.4) is 0 Å². The number of Topliss-reactive ketones (excluding diaryl/α,β-unsaturated/α-hetero) is 1. The lowest BCUT2D eigenvalue weighted by molar-refractivity contribution is -0.123. The lowest BCUT2D eigenvalue weighted by Crippen LogP contribution is -2.15. The molecule has 0 aliphatic heterocycles. The predicted octanol–water partition coefficient (Wildman–Crippen LogP) is 4.11. The van der Waals surface area contributed by atoms with Gasteiger partial charge in [0.15, 0.2) is 0 Å². The van der Waals surface area contributed by atoms with E-state index in [1.165, 1.54) is 44.9 Å². The van der Waals surface area contributed by atoms with Crippen LogP contribution in [-0.4, -0.2) is 5.78 Å². The summed E-state index contributed by atoms with van der Waals surface area (Å²) in [5.41, 5.74) is 0. The maximum atomic E-state index is 11.8. The van der Waals surface area contributed by atoms with Gasteiger partial charge in [-0.3, -0.25) is 4.79 Å². The second kappa shape index (κ2) is 7.03. The monoisotopic (exact) mass is 196 g/mol. The van der Waals surface area contributed by atoms with Crippen molar-refractivity contribution in [2.24, 2.45) is 5.92 Å². The van der Waals surface area contributed by atoms with Crippen molar-refractivity contribution in [2.45, 2.75) is 71.1 Å². The van der Waals surface area contributed by atoms with Crippen LogP contribution in [0, 0.1) is 5.92 Å². The largest absolute Gasteiger partial charge is 0.299 e. The first kappa shape index (κ1) is 11.7. The van der Waals surface area contributed by atoms with E-state index in [2.05, 4.69) is 6.92 Å². The van der Waals surface area contributed by atoms with Crippen LogP contribution >= 0.6 is 0 Å². The molecule has 1 rings (SSSR count). The first-order chi connectivity index (χ1) is 6.84. The fraction of sp³-hybridized carbons (Fsp3) is 0.923. The minimum absolute atomic E-state index is 0.418. The summed E-state index contributed by atoms with van der Waals surface area (Å²) in [4.78, 5) is 11.8. The number of hydrogen-bond donors (Lipinski definition) is 0. The molecule has 14 heavy (non-hydrogen) atoms. The number of ketones is 1. The minimum Gasteiger partial charge on any atom is -0.299 e. The van der Waals surface area contributed by atoms with Crippen molar-refractivity contribution < 1.29 is 4.79 Å². The summed E-state index contributed by atoms with van der Waals surface area (Å²) >= 11 is 0. The van der Waals surface area contributed by atoms with E-state index in [9.17, 15) is 4.79 Å². The SMILES string of the molecule is CCCCC(=O)C1CCCCCCC1. The zero-order valence-corrected chi connectivity index (χ0v) is 9.56. The molecule has 1 aliphatic carbocycles. The number of carbonyl (C=O) groups excluding carboxylic acids is 1. The Morgan fingerprint density at radius 1 is 1.07 bits per heavy atom. The van der Waals surface area contributed by atoms with Crippen molar-refractivity contribution in [3.8, 4) is 0 Å². The maximum absolute atomic E-state index is 11.8. The van der Waals surface area contributed by atoms with Crippen molar-refractivity contribution in [2.75, 3.05) is 0 Å². The van der Waals surface area contributed by atoms with Crippen molar-refractivity contribution >= 4 is 5.78 Å². The van der Waals surface area contributed by atoms with Crippen LogP contribution in [0.2, 0.25) is 0 Å². The van der Waals surface area contributed by atoms with Gasteiger partial charge in [-0.05, 0) is 19.3 Å². The Labute approximate surface area is 88.3 Å². The van der Waals surface area contributed by atoms with Crippen LogP contribution in [0.1, 0.15) is 71.1 Å². The average Bonchev–Trinajstić information content (AvgIpc) is 2.13. The Morgan fingerprint density at radius 2 is 1.64 bits per heavy atom. The molecule has 0 aromatic heterocycles. The molecule has 0 N–H and O–H groups in total. The van der Waals surface area contributed by atoms with Gasteiger partial charge in [-0.1, -0.05) is 45.4 Å². The fourth-order valence-corrected chi connectivity index (χ4v) is 2.33. The summed E-state index contributed by atoms with van der Waals surface area (Å²) in [6.07, 6.45) is 12.1. The molecule has 0 radical (unpaired) electrons. The first-order valence-electron chi connectivity index (χ1n) is 6.37. The summed E-state index contributed by atoms with van der Waals surface area (Å²) in [7, 11) is 0. The Bertz CT molecular complexity index is 155. The topological polar surface area (TPSA) is 17.1 Å². The molecule has 0 unspecified atom stereocenters. The molecule has 0 saturated heterocycles. The van der Waals surface area contributed by atoms with Crippen molar-refractivity contribution in [3.63, 3.8) is 0 Å². The van der Waals surface area contributed by atoms with Crippen LogP contribution in [0.5, 0.6) is 0 Å². The van der Waals surface area contributed by atoms with Crippen molar-refractivity contribution in [1.29, 1.82) is 0 Å². The van der Waals surface area contributed by atoms with E-state index in [1.807, 2.05) is 0 Å². The quantitative estimate of drug-likeness (QED) is 0.661. The van der Waals surface area contributed by atoms with E-state index in [0.29, 0.717) is 11.7 Å². The van der Waals surface area contributed by atoms with E-state index < -0.39 is 0 Å². The fourth-order valence-electron chi connectivity index (χ4n) is 2.33. The van der Waals surface area contributed by atoms with Crippen LogP contribution in [0.15, 0.2) is 0 Å². The predicted molar refractivity (Wildman–Crippen MR) is 60.3 cm³/mol. The highest BCUT2D eigenvalue weighted by Gasteiger charge is 2.18. The highest BCUT2D eigenvalue weighted by molar-refractivity contribution is 5.80. The molecule has 1 nitrogen and oxygen atoms in total. The molecular formula is C13H24O. The Kier molecular flexibility index (Phi) is 5.89. The van der Waals surface area contributed by atoms with Gasteiger partial charge in [0.1, 0.15) is 5.78 Å². The molecule has 1 fully saturated rings. The average molecular weight is 196 g/mol. The zero-order chi connectivity index (χ0) is 10.2. The second-order valence-electron chi connectivity index (χ2n) is 4.61. The maximum Gasteiger partial charge on any atom is 0.135 e. The summed E-state index contributed by atoms with van der Waals surface area (Å²) in [5, 5.41) is 0. The van der Waals surface area contributed by atoms with Crippen LogP contribution < -0.4 is 0 Å². The molecule has 0 spiro atoms. The van der Waals surface area contributed by atoms with E-state index in [0.717, 1.165) is 19.3 Å². The number of rotatable bonds is 4. The van der Waals surface area contributed by atoms with Gasteiger partial charge < -0.3 is 0 Å². The highest BCUT2D eigenvalue weighted by Crippen LogP contribution is 2.24. The third-order valence-corrected chi connectivity index (χ3v) is 3.34. The summed E-state index contributed by atoms with van der Waals surface area (Å²) in [6, 6.07) is 0. The first-order valence-corrected chi connectivity index (χ1v) is 6.37. The van der Waals surface area contributed by atoms with Gasteiger partial charge in [0.25, 0.3) is 0 Å². The summed E-state index contributed by atoms with van der Waals surface area (Å²) in [6.45, 7) is 2.16. The van der Waals surface area contributed by atoms with Crippen molar-refractivity contribution in [1.82, 2.24) is 0 Å².